The Morgan fingerprint density at radius 3 is 2.53 bits per heavy atom. The highest BCUT2D eigenvalue weighted by atomic mass is 32.1. The fourth-order valence-corrected chi connectivity index (χ4v) is 1.51. The van der Waals surface area contributed by atoms with E-state index in [0.717, 1.165) is 17.0 Å². The maximum atomic E-state index is 5.05. The molecule has 1 heterocycles. The predicted octanol–water partition coefficient (Wildman–Crippen LogP) is 2.79. The quantitative estimate of drug-likeness (QED) is 0.785. The van der Waals surface area contributed by atoms with Crippen LogP contribution in [0.25, 0.3) is 17.5 Å². The lowest BCUT2D eigenvalue weighted by molar-refractivity contribution is 0.902. The Morgan fingerprint density at radius 2 is 2.07 bits per heavy atom. The van der Waals surface area contributed by atoms with Crippen molar-refractivity contribution in [2.75, 3.05) is 0 Å². The van der Waals surface area contributed by atoms with E-state index in [-0.39, 0.29) is 0 Å². The first-order chi connectivity index (χ1) is 7.22. The van der Waals surface area contributed by atoms with Crippen molar-refractivity contribution in [3.63, 3.8) is 0 Å². The molecule has 4 heteroatoms. The summed E-state index contributed by atoms with van der Waals surface area (Å²) in [6, 6.07) is 8.00. The van der Waals surface area contributed by atoms with Crippen LogP contribution in [-0.2, 0) is 7.05 Å². The minimum Gasteiger partial charge on any atom is -0.303 e. The Balaban J connectivity index is 2.50. The van der Waals surface area contributed by atoms with E-state index in [1.165, 1.54) is 0 Å². The van der Waals surface area contributed by atoms with Crippen molar-refractivity contribution >= 4 is 18.3 Å². The fraction of sp³-hybridized carbons (Fsp3) is 0.0909. The minimum absolute atomic E-state index is 0.623. The standard InChI is InChI=1S/C11H11N3S/c1-3-8-4-6-9(7-5-8)10-12-13-11(15)14(10)2/h3-7H,1H2,2H3,(H,13,15). The average Bonchev–Trinajstić information content (AvgIpc) is 2.60. The molecule has 15 heavy (non-hydrogen) atoms. The lowest BCUT2D eigenvalue weighted by Gasteiger charge is -2.00. The van der Waals surface area contributed by atoms with Crippen LogP contribution in [0.3, 0.4) is 0 Å². The first kappa shape index (κ1) is 9.86. The zero-order chi connectivity index (χ0) is 10.8. The highest BCUT2D eigenvalue weighted by Gasteiger charge is 2.04. The molecule has 0 saturated heterocycles. The lowest BCUT2D eigenvalue weighted by Crippen LogP contribution is -1.92. The third kappa shape index (κ3) is 1.76. The molecule has 0 aliphatic carbocycles. The van der Waals surface area contributed by atoms with Gasteiger partial charge in [0.1, 0.15) is 0 Å². The Kier molecular flexibility index (Phi) is 2.51. The van der Waals surface area contributed by atoms with E-state index < -0.39 is 0 Å². The molecule has 0 fully saturated rings. The van der Waals surface area contributed by atoms with Crippen LogP contribution < -0.4 is 0 Å². The summed E-state index contributed by atoms with van der Waals surface area (Å²) < 4.78 is 2.47. The molecule has 1 aromatic heterocycles. The SMILES string of the molecule is C=Cc1ccc(-c2n[nH]c(=S)n2C)cc1. The number of nitrogens with one attached hydrogen (secondary N) is 1. The second kappa shape index (κ2) is 3.82. The topological polar surface area (TPSA) is 33.6 Å². The second-order valence-electron chi connectivity index (χ2n) is 3.24. The van der Waals surface area contributed by atoms with E-state index in [4.69, 9.17) is 12.2 Å². The van der Waals surface area contributed by atoms with Gasteiger partial charge in [0.25, 0.3) is 0 Å². The molecular formula is C11H11N3S. The van der Waals surface area contributed by atoms with Crippen LogP contribution in [0, 0.1) is 4.77 Å². The van der Waals surface area contributed by atoms with Gasteiger partial charge in [0.15, 0.2) is 10.6 Å². The molecule has 2 rings (SSSR count). The minimum atomic E-state index is 0.623. The number of hydrogen-bond donors (Lipinski definition) is 1. The van der Waals surface area contributed by atoms with Gasteiger partial charge >= 0.3 is 0 Å². The monoisotopic (exact) mass is 217 g/mol. The summed E-state index contributed by atoms with van der Waals surface area (Å²) in [4.78, 5) is 0. The largest absolute Gasteiger partial charge is 0.303 e. The summed E-state index contributed by atoms with van der Waals surface area (Å²) in [5, 5.41) is 6.92. The van der Waals surface area contributed by atoms with Gasteiger partial charge in [-0.05, 0) is 17.8 Å². The van der Waals surface area contributed by atoms with Crippen molar-refractivity contribution in [2.24, 2.45) is 7.05 Å². The summed E-state index contributed by atoms with van der Waals surface area (Å²) in [5.41, 5.74) is 2.13. The summed E-state index contributed by atoms with van der Waals surface area (Å²) in [7, 11) is 1.89. The molecule has 0 amide bonds. The van der Waals surface area contributed by atoms with Crippen molar-refractivity contribution in [3.8, 4) is 11.4 Å². The van der Waals surface area contributed by atoms with Crippen LogP contribution in [0.15, 0.2) is 30.8 Å². The smallest absolute Gasteiger partial charge is 0.195 e. The first-order valence-electron chi connectivity index (χ1n) is 4.56. The van der Waals surface area contributed by atoms with Crippen LogP contribution in [-0.4, -0.2) is 14.8 Å². The van der Waals surface area contributed by atoms with Gasteiger partial charge in [0.2, 0.25) is 0 Å². The molecule has 1 N–H and O–H groups in total. The van der Waals surface area contributed by atoms with Crippen LogP contribution >= 0.6 is 12.2 Å². The van der Waals surface area contributed by atoms with Crippen LogP contribution in [0.2, 0.25) is 0 Å². The molecule has 0 aliphatic heterocycles. The number of rotatable bonds is 2. The van der Waals surface area contributed by atoms with E-state index in [1.807, 2.05) is 42.0 Å². The van der Waals surface area contributed by atoms with Gasteiger partial charge in [-0.15, -0.1) is 0 Å². The normalized spacial score (nSPS) is 10.2. The molecule has 0 aliphatic rings. The molecule has 76 valence electrons. The lowest BCUT2D eigenvalue weighted by atomic mass is 10.1. The van der Waals surface area contributed by atoms with E-state index in [0.29, 0.717) is 4.77 Å². The third-order valence-corrected chi connectivity index (χ3v) is 2.65. The average molecular weight is 217 g/mol. The zero-order valence-corrected chi connectivity index (χ0v) is 9.21. The Hall–Kier alpha value is -1.68. The number of nitrogens with zero attached hydrogens (tertiary/aromatic N) is 2. The van der Waals surface area contributed by atoms with E-state index in [1.54, 1.807) is 0 Å². The maximum absolute atomic E-state index is 5.05. The third-order valence-electron chi connectivity index (χ3n) is 2.28. The van der Waals surface area contributed by atoms with E-state index in [9.17, 15) is 0 Å². The van der Waals surface area contributed by atoms with Crippen molar-refractivity contribution in [3.05, 3.63) is 41.2 Å². The maximum Gasteiger partial charge on any atom is 0.195 e. The molecule has 0 bridgehead atoms. The van der Waals surface area contributed by atoms with Crippen molar-refractivity contribution in [2.45, 2.75) is 0 Å². The van der Waals surface area contributed by atoms with Crippen molar-refractivity contribution < 1.29 is 0 Å². The number of benzene rings is 1. The van der Waals surface area contributed by atoms with Crippen LogP contribution in [0.5, 0.6) is 0 Å². The highest BCUT2D eigenvalue weighted by Crippen LogP contribution is 2.17. The van der Waals surface area contributed by atoms with Gasteiger partial charge < -0.3 is 4.57 Å². The molecule has 0 saturated carbocycles. The molecular weight excluding hydrogens is 206 g/mol. The Labute approximate surface area is 93.1 Å². The number of hydrogen-bond acceptors (Lipinski definition) is 2. The predicted molar refractivity (Wildman–Crippen MR) is 63.9 cm³/mol. The molecule has 3 nitrogen and oxygen atoms in total. The van der Waals surface area contributed by atoms with E-state index in [2.05, 4.69) is 16.8 Å². The summed E-state index contributed by atoms with van der Waals surface area (Å²) in [5.74, 6) is 0.843. The van der Waals surface area contributed by atoms with Gasteiger partial charge in [0.05, 0.1) is 0 Å². The number of aromatic amines is 1. The molecule has 0 atom stereocenters. The van der Waals surface area contributed by atoms with Crippen LogP contribution in [0.4, 0.5) is 0 Å². The first-order valence-corrected chi connectivity index (χ1v) is 4.97. The van der Waals surface area contributed by atoms with Gasteiger partial charge in [0, 0.05) is 12.6 Å². The molecule has 2 aromatic rings. The number of aromatic nitrogens is 3. The molecule has 0 spiro atoms. The zero-order valence-electron chi connectivity index (χ0n) is 8.40. The summed E-state index contributed by atoms with van der Waals surface area (Å²) in [6.07, 6.45) is 1.81. The Bertz CT molecular complexity index is 534. The molecule has 0 unspecified atom stereocenters. The summed E-state index contributed by atoms with van der Waals surface area (Å²) >= 11 is 5.05. The summed E-state index contributed by atoms with van der Waals surface area (Å²) in [6.45, 7) is 3.71. The van der Waals surface area contributed by atoms with Crippen LogP contribution in [0.1, 0.15) is 5.56 Å². The fourth-order valence-electron chi connectivity index (χ4n) is 1.37. The number of H-pyrrole nitrogens is 1. The van der Waals surface area contributed by atoms with E-state index >= 15 is 0 Å². The molecule has 1 aromatic carbocycles. The van der Waals surface area contributed by atoms with Gasteiger partial charge in [-0.1, -0.05) is 36.9 Å². The van der Waals surface area contributed by atoms with Gasteiger partial charge in [-0.25, -0.2) is 0 Å². The van der Waals surface area contributed by atoms with Gasteiger partial charge in [-0.2, -0.15) is 5.10 Å². The second-order valence-corrected chi connectivity index (χ2v) is 3.62. The highest BCUT2D eigenvalue weighted by molar-refractivity contribution is 7.71. The van der Waals surface area contributed by atoms with Crippen molar-refractivity contribution in [1.82, 2.24) is 14.8 Å². The van der Waals surface area contributed by atoms with Crippen molar-refractivity contribution in [1.29, 1.82) is 0 Å². The Morgan fingerprint density at radius 1 is 1.40 bits per heavy atom. The molecule has 0 radical (unpaired) electrons. The van der Waals surface area contributed by atoms with Gasteiger partial charge in [-0.3, -0.25) is 5.10 Å².